The summed E-state index contributed by atoms with van der Waals surface area (Å²) in [4.78, 5) is 0. The third-order valence-electron chi connectivity index (χ3n) is 4.77. The number of hydrogen-bond acceptors (Lipinski definition) is 2. The molecule has 22 heavy (non-hydrogen) atoms. The van der Waals surface area contributed by atoms with E-state index in [0.29, 0.717) is 12.0 Å². The second kappa shape index (κ2) is 4.38. The van der Waals surface area contributed by atoms with Crippen LogP contribution in [0.1, 0.15) is 11.5 Å². The summed E-state index contributed by atoms with van der Waals surface area (Å²) >= 11 is 0. The number of hydrogen-bond donors (Lipinski definition) is 0. The summed E-state index contributed by atoms with van der Waals surface area (Å²) < 4.78 is 0. The fraction of sp³-hybridized carbons (Fsp3) is 0.100. The van der Waals surface area contributed by atoms with Gasteiger partial charge in [0.25, 0.3) is 0 Å². The molecule has 0 fully saturated rings. The minimum atomic E-state index is 0.338. The van der Waals surface area contributed by atoms with E-state index >= 15 is 0 Å². The molecular weight excluding hydrogens is 268 g/mol. The Morgan fingerprint density at radius 1 is 0.773 bits per heavy atom. The SMILES string of the molecule is C1=CC2c3c(ccc4ccccc34)N3C=CC=CN3C2C=C1. The lowest BCUT2D eigenvalue weighted by molar-refractivity contribution is 0.281. The van der Waals surface area contributed by atoms with Crippen LogP contribution in [0.15, 0.2) is 85.3 Å². The zero-order valence-corrected chi connectivity index (χ0v) is 12.1. The highest BCUT2D eigenvalue weighted by Crippen LogP contribution is 2.45. The molecule has 1 aliphatic carbocycles. The minimum absolute atomic E-state index is 0.338. The van der Waals surface area contributed by atoms with Crippen molar-refractivity contribution in [3.8, 4) is 0 Å². The van der Waals surface area contributed by atoms with Gasteiger partial charge < -0.3 is 0 Å². The van der Waals surface area contributed by atoms with Crippen LogP contribution in [0.5, 0.6) is 0 Å². The molecule has 0 amide bonds. The number of benzene rings is 2. The first-order chi connectivity index (χ1) is 10.9. The van der Waals surface area contributed by atoms with Gasteiger partial charge in [-0.2, -0.15) is 0 Å². The van der Waals surface area contributed by atoms with Gasteiger partial charge in [0.1, 0.15) is 0 Å². The molecule has 2 aliphatic heterocycles. The zero-order chi connectivity index (χ0) is 14.5. The molecule has 2 heteroatoms. The van der Waals surface area contributed by atoms with Crippen LogP contribution >= 0.6 is 0 Å². The highest BCUT2D eigenvalue weighted by molar-refractivity contribution is 5.92. The third kappa shape index (κ3) is 1.49. The summed E-state index contributed by atoms with van der Waals surface area (Å²) in [5, 5.41) is 7.26. The van der Waals surface area contributed by atoms with Crippen molar-refractivity contribution >= 4 is 16.5 Å². The van der Waals surface area contributed by atoms with Gasteiger partial charge in [-0.3, -0.25) is 10.0 Å². The quantitative estimate of drug-likeness (QED) is 0.703. The highest BCUT2D eigenvalue weighted by Gasteiger charge is 2.37. The largest absolute Gasteiger partial charge is 0.281 e. The lowest BCUT2D eigenvalue weighted by atomic mass is 9.82. The summed E-state index contributed by atoms with van der Waals surface area (Å²) in [6, 6.07) is 13.5. The number of hydrazine groups is 1. The fourth-order valence-electron chi connectivity index (χ4n) is 3.81. The minimum Gasteiger partial charge on any atom is -0.281 e. The third-order valence-corrected chi connectivity index (χ3v) is 4.77. The first-order valence-electron chi connectivity index (χ1n) is 7.72. The molecular formula is C20H16N2. The molecule has 2 aromatic rings. The van der Waals surface area contributed by atoms with Gasteiger partial charge >= 0.3 is 0 Å². The lowest BCUT2D eigenvalue weighted by Crippen LogP contribution is -2.49. The zero-order valence-electron chi connectivity index (χ0n) is 12.1. The molecule has 5 rings (SSSR count). The molecule has 106 valence electrons. The predicted octanol–water partition coefficient (Wildman–Crippen LogP) is 4.50. The van der Waals surface area contributed by atoms with E-state index in [1.165, 1.54) is 22.0 Å². The van der Waals surface area contributed by atoms with Crippen molar-refractivity contribution in [3.63, 3.8) is 0 Å². The maximum Gasteiger partial charge on any atom is 0.0790 e. The Kier molecular flexibility index (Phi) is 2.36. The number of fused-ring (bicyclic) bond motifs is 8. The molecule has 0 spiro atoms. The monoisotopic (exact) mass is 284 g/mol. The Morgan fingerprint density at radius 2 is 1.64 bits per heavy atom. The van der Waals surface area contributed by atoms with E-state index in [0.717, 1.165) is 0 Å². The summed E-state index contributed by atoms with van der Waals surface area (Å²) in [6.07, 6.45) is 17.5. The van der Waals surface area contributed by atoms with E-state index in [9.17, 15) is 0 Å². The standard InChI is InChI=1S/C20H16N2/c1-2-8-16-15(7-1)11-12-19-20(16)17-9-3-4-10-18(17)21-13-5-6-14-22(19)21/h1-14,17-18H. The average molecular weight is 284 g/mol. The molecule has 2 heterocycles. The molecule has 0 radical (unpaired) electrons. The molecule has 2 aromatic carbocycles. The summed E-state index contributed by atoms with van der Waals surface area (Å²) in [5.41, 5.74) is 2.71. The maximum absolute atomic E-state index is 2.33. The van der Waals surface area contributed by atoms with E-state index < -0.39 is 0 Å². The molecule has 0 saturated heterocycles. The van der Waals surface area contributed by atoms with Crippen LogP contribution in [0.25, 0.3) is 10.8 Å². The molecule has 2 atom stereocenters. The van der Waals surface area contributed by atoms with E-state index in [1.807, 2.05) is 0 Å². The first kappa shape index (κ1) is 11.9. The Balaban J connectivity index is 1.85. The Bertz CT molecular complexity index is 872. The lowest BCUT2D eigenvalue weighted by Gasteiger charge is -2.48. The molecule has 0 N–H and O–H groups in total. The van der Waals surface area contributed by atoms with Crippen LogP contribution in [0.3, 0.4) is 0 Å². The van der Waals surface area contributed by atoms with Crippen LogP contribution in [-0.4, -0.2) is 11.1 Å². The van der Waals surface area contributed by atoms with Crippen molar-refractivity contribution in [2.45, 2.75) is 12.0 Å². The smallest absolute Gasteiger partial charge is 0.0790 e. The molecule has 0 bridgehead atoms. The molecule has 2 unspecified atom stereocenters. The number of allylic oxidation sites excluding steroid dienone is 4. The van der Waals surface area contributed by atoms with Crippen LogP contribution in [0.2, 0.25) is 0 Å². The van der Waals surface area contributed by atoms with Gasteiger partial charge in [0.2, 0.25) is 0 Å². The Morgan fingerprint density at radius 3 is 2.64 bits per heavy atom. The van der Waals surface area contributed by atoms with Gasteiger partial charge in [-0.25, -0.2) is 0 Å². The van der Waals surface area contributed by atoms with Gasteiger partial charge in [-0.05, 0) is 34.6 Å². The summed E-state index contributed by atoms with van der Waals surface area (Å²) in [5.74, 6) is 0.388. The summed E-state index contributed by atoms with van der Waals surface area (Å²) in [6.45, 7) is 0. The van der Waals surface area contributed by atoms with Crippen LogP contribution < -0.4 is 5.01 Å². The van der Waals surface area contributed by atoms with E-state index in [-0.39, 0.29) is 0 Å². The van der Waals surface area contributed by atoms with Crippen LogP contribution in [0, 0.1) is 0 Å². The Labute approximate surface area is 129 Å². The molecule has 0 saturated carbocycles. The van der Waals surface area contributed by atoms with Gasteiger partial charge in [0.15, 0.2) is 0 Å². The number of rotatable bonds is 0. The van der Waals surface area contributed by atoms with Crippen molar-refractivity contribution in [2.24, 2.45) is 0 Å². The van der Waals surface area contributed by atoms with E-state index in [1.54, 1.807) is 0 Å². The Hall–Kier alpha value is -2.74. The van der Waals surface area contributed by atoms with Crippen molar-refractivity contribution in [1.82, 2.24) is 5.01 Å². The fourth-order valence-corrected chi connectivity index (χ4v) is 3.81. The topological polar surface area (TPSA) is 6.48 Å². The van der Waals surface area contributed by atoms with Crippen molar-refractivity contribution in [1.29, 1.82) is 0 Å². The first-order valence-corrected chi connectivity index (χ1v) is 7.72. The molecule has 2 nitrogen and oxygen atoms in total. The normalized spacial score (nSPS) is 24.4. The van der Waals surface area contributed by atoms with Crippen LogP contribution in [0.4, 0.5) is 5.69 Å². The van der Waals surface area contributed by atoms with Gasteiger partial charge in [-0.1, -0.05) is 54.6 Å². The predicted molar refractivity (Wildman–Crippen MR) is 91.4 cm³/mol. The highest BCUT2D eigenvalue weighted by atomic mass is 15.6. The van der Waals surface area contributed by atoms with Gasteiger partial charge in [-0.15, -0.1) is 0 Å². The van der Waals surface area contributed by atoms with Gasteiger partial charge in [0, 0.05) is 18.3 Å². The van der Waals surface area contributed by atoms with Crippen molar-refractivity contribution in [3.05, 3.63) is 90.8 Å². The number of anilines is 1. The molecule has 3 aliphatic rings. The maximum atomic E-state index is 2.33. The van der Waals surface area contributed by atoms with Crippen molar-refractivity contribution in [2.75, 3.05) is 5.01 Å². The summed E-state index contributed by atoms with van der Waals surface area (Å²) in [7, 11) is 0. The van der Waals surface area contributed by atoms with Crippen LogP contribution in [-0.2, 0) is 0 Å². The van der Waals surface area contributed by atoms with E-state index in [2.05, 4.69) is 95.3 Å². The van der Waals surface area contributed by atoms with Gasteiger partial charge in [0.05, 0.1) is 11.7 Å². The van der Waals surface area contributed by atoms with E-state index in [4.69, 9.17) is 0 Å². The van der Waals surface area contributed by atoms with Crippen molar-refractivity contribution < 1.29 is 0 Å². The average Bonchev–Trinajstić information content (AvgIpc) is 2.61. The number of nitrogens with zero attached hydrogens (tertiary/aromatic N) is 2. The second-order valence-corrected chi connectivity index (χ2v) is 5.91. The molecule has 0 aromatic heterocycles. The second-order valence-electron chi connectivity index (χ2n) is 5.91.